The summed E-state index contributed by atoms with van der Waals surface area (Å²) in [5.74, 6) is 8.12. The zero-order valence-electron chi connectivity index (χ0n) is 12.9. The van der Waals surface area contributed by atoms with Gasteiger partial charge in [-0.2, -0.15) is 0 Å². The van der Waals surface area contributed by atoms with E-state index in [1.165, 1.54) is 5.56 Å². The van der Waals surface area contributed by atoms with E-state index in [0.717, 1.165) is 24.7 Å². The highest BCUT2D eigenvalue weighted by Gasteiger charge is 2.12. The summed E-state index contributed by atoms with van der Waals surface area (Å²) < 4.78 is 0. The van der Waals surface area contributed by atoms with Crippen LogP contribution in [0.25, 0.3) is 0 Å². The number of benzene rings is 1. The third kappa shape index (κ3) is 3.92. The Hall–Kier alpha value is -2.14. The van der Waals surface area contributed by atoms with Gasteiger partial charge in [0.2, 0.25) is 0 Å². The van der Waals surface area contributed by atoms with Crippen LogP contribution >= 0.6 is 0 Å². The van der Waals surface area contributed by atoms with Gasteiger partial charge in [0.05, 0.1) is 0 Å². The summed E-state index contributed by atoms with van der Waals surface area (Å²) in [6.45, 7) is 7.96. The second kappa shape index (κ2) is 7.04. The van der Waals surface area contributed by atoms with Gasteiger partial charge in [-0.05, 0) is 12.5 Å². The first-order valence-corrected chi connectivity index (χ1v) is 7.28. The van der Waals surface area contributed by atoms with Crippen molar-refractivity contribution in [2.45, 2.75) is 33.2 Å². The van der Waals surface area contributed by atoms with Crippen molar-refractivity contribution in [2.24, 2.45) is 5.84 Å². The summed E-state index contributed by atoms with van der Waals surface area (Å²) in [5.41, 5.74) is 3.88. The maximum absolute atomic E-state index is 5.52. The average Bonchev–Trinajstić information content (AvgIpc) is 2.53. The fourth-order valence-electron chi connectivity index (χ4n) is 2.11. The Morgan fingerprint density at radius 2 is 1.90 bits per heavy atom. The maximum Gasteiger partial charge on any atom is 0.145 e. The zero-order valence-corrected chi connectivity index (χ0v) is 12.9. The van der Waals surface area contributed by atoms with E-state index in [-0.39, 0.29) is 5.92 Å². The summed E-state index contributed by atoms with van der Waals surface area (Å²) in [5, 5.41) is 0. The lowest BCUT2D eigenvalue weighted by molar-refractivity contribution is 0.748. The quantitative estimate of drug-likeness (QED) is 0.631. The lowest BCUT2D eigenvalue weighted by Crippen LogP contribution is -2.24. The number of nitrogens with zero attached hydrogens (tertiary/aromatic N) is 3. The van der Waals surface area contributed by atoms with E-state index in [0.29, 0.717) is 5.82 Å². The number of hydrazine groups is 1. The molecule has 0 unspecified atom stereocenters. The number of anilines is 2. The highest BCUT2D eigenvalue weighted by atomic mass is 15.3. The number of nitrogen functional groups attached to an aromatic ring is 1. The van der Waals surface area contributed by atoms with Crippen molar-refractivity contribution < 1.29 is 0 Å². The highest BCUT2D eigenvalue weighted by Crippen LogP contribution is 2.21. The van der Waals surface area contributed by atoms with Gasteiger partial charge in [0, 0.05) is 25.1 Å². The van der Waals surface area contributed by atoms with Gasteiger partial charge in [-0.15, -0.1) is 0 Å². The Morgan fingerprint density at radius 3 is 2.48 bits per heavy atom. The number of hydrogen-bond donors (Lipinski definition) is 2. The molecule has 0 radical (unpaired) electrons. The predicted molar refractivity (Wildman–Crippen MR) is 87.1 cm³/mol. The first kappa shape index (κ1) is 15.3. The minimum Gasteiger partial charge on any atom is -0.352 e. The van der Waals surface area contributed by atoms with E-state index < -0.39 is 0 Å². The normalized spacial score (nSPS) is 10.7. The molecule has 0 fully saturated rings. The van der Waals surface area contributed by atoms with E-state index in [9.17, 15) is 0 Å². The molecule has 0 bridgehead atoms. The highest BCUT2D eigenvalue weighted by molar-refractivity contribution is 5.49. The molecule has 0 saturated carbocycles. The van der Waals surface area contributed by atoms with Crippen LogP contribution in [-0.4, -0.2) is 16.5 Å². The molecule has 0 atom stereocenters. The molecule has 0 saturated heterocycles. The molecule has 5 heteroatoms. The summed E-state index contributed by atoms with van der Waals surface area (Å²) >= 11 is 0. The summed E-state index contributed by atoms with van der Waals surface area (Å²) in [4.78, 5) is 11.3. The van der Waals surface area contributed by atoms with Gasteiger partial charge in [0.1, 0.15) is 17.5 Å². The predicted octanol–water partition coefficient (Wildman–Crippen LogP) is 2.91. The van der Waals surface area contributed by atoms with Gasteiger partial charge in [-0.3, -0.25) is 0 Å². The van der Waals surface area contributed by atoms with E-state index in [2.05, 4.69) is 65.3 Å². The second-order valence-electron chi connectivity index (χ2n) is 5.27. The topological polar surface area (TPSA) is 67.1 Å². The lowest BCUT2D eigenvalue weighted by atomic mass is 10.2. The monoisotopic (exact) mass is 285 g/mol. The van der Waals surface area contributed by atoms with Crippen LogP contribution in [0.15, 0.2) is 36.4 Å². The van der Waals surface area contributed by atoms with Gasteiger partial charge in [0.15, 0.2) is 0 Å². The van der Waals surface area contributed by atoms with Gasteiger partial charge in [-0.1, -0.05) is 44.2 Å². The Balaban J connectivity index is 2.30. The number of nitrogens with two attached hydrogens (primary N) is 1. The first-order valence-electron chi connectivity index (χ1n) is 7.28. The average molecular weight is 285 g/mol. The minimum atomic E-state index is 0.257. The minimum absolute atomic E-state index is 0.257. The molecule has 0 amide bonds. The molecule has 112 valence electrons. The summed E-state index contributed by atoms with van der Waals surface area (Å²) in [6.07, 6.45) is 0. The fourth-order valence-corrected chi connectivity index (χ4v) is 2.11. The molecule has 0 aliphatic heterocycles. The zero-order chi connectivity index (χ0) is 15.2. The maximum atomic E-state index is 5.52. The molecule has 21 heavy (non-hydrogen) atoms. The third-order valence-electron chi connectivity index (χ3n) is 3.32. The Bertz CT molecular complexity index is 568. The molecule has 1 heterocycles. The van der Waals surface area contributed by atoms with Gasteiger partial charge in [0.25, 0.3) is 0 Å². The van der Waals surface area contributed by atoms with Crippen LogP contribution in [0.5, 0.6) is 0 Å². The second-order valence-corrected chi connectivity index (χ2v) is 5.27. The first-order chi connectivity index (χ1) is 10.1. The van der Waals surface area contributed by atoms with Crippen LogP contribution in [0.3, 0.4) is 0 Å². The van der Waals surface area contributed by atoms with Crippen LogP contribution in [0.2, 0.25) is 0 Å². The van der Waals surface area contributed by atoms with Crippen molar-refractivity contribution in [1.29, 1.82) is 0 Å². The fraction of sp³-hybridized carbons (Fsp3) is 0.375. The van der Waals surface area contributed by atoms with Crippen molar-refractivity contribution in [3.05, 3.63) is 47.8 Å². The van der Waals surface area contributed by atoms with Crippen LogP contribution in [-0.2, 0) is 6.54 Å². The van der Waals surface area contributed by atoms with Crippen molar-refractivity contribution >= 4 is 11.6 Å². The van der Waals surface area contributed by atoms with Crippen LogP contribution in [0.1, 0.15) is 38.1 Å². The van der Waals surface area contributed by atoms with Crippen LogP contribution in [0, 0.1) is 0 Å². The molecular weight excluding hydrogens is 262 g/mol. The number of hydrogen-bond acceptors (Lipinski definition) is 5. The Kier molecular flexibility index (Phi) is 5.11. The Morgan fingerprint density at radius 1 is 1.19 bits per heavy atom. The third-order valence-corrected chi connectivity index (χ3v) is 3.32. The van der Waals surface area contributed by atoms with Crippen molar-refractivity contribution in [3.63, 3.8) is 0 Å². The van der Waals surface area contributed by atoms with Crippen molar-refractivity contribution in [1.82, 2.24) is 9.97 Å². The molecule has 0 spiro atoms. The largest absolute Gasteiger partial charge is 0.352 e. The molecule has 0 aliphatic rings. The molecule has 2 rings (SSSR count). The van der Waals surface area contributed by atoms with Crippen molar-refractivity contribution in [2.75, 3.05) is 16.9 Å². The van der Waals surface area contributed by atoms with Gasteiger partial charge < -0.3 is 10.3 Å². The summed E-state index contributed by atoms with van der Waals surface area (Å²) in [7, 11) is 0. The Labute approximate surface area is 126 Å². The molecule has 1 aromatic carbocycles. The SMILES string of the molecule is CCN(Cc1ccccc1)c1cc(NN)nc(C(C)C)n1. The van der Waals surface area contributed by atoms with Gasteiger partial charge in [-0.25, -0.2) is 15.8 Å². The number of nitrogens with one attached hydrogen (secondary N) is 1. The van der Waals surface area contributed by atoms with E-state index in [1.807, 2.05) is 12.1 Å². The molecule has 0 aliphatic carbocycles. The lowest BCUT2D eigenvalue weighted by Gasteiger charge is -2.23. The van der Waals surface area contributed by atoms with Gasteiger partial charge >= 0.3 is 0 Å². The number of rotatable bonds is 6. The van der Waals surface area contributed by atoms with E-state index >= 15 is 0 Å². The van der Waals surface area contributed by atoms with Crippen molar-refractivity contribution in [3.8, 4) is 0 Å². The molecule has 5 nitrogen and oxygen atoms in total. The molecule has 3 N–H and O–H groups in total. The van der Waals surface area contributed by atoms with Crippen LogP contribution in [0.4, 0.5) is 11.6 Å². The van der Waals surface area contributed by atoms with E-state index in [4.69, 9.17) is 5.84 Å². The molecule has 1 aromatic heterocycles. The molecular formula is C16H23N5. The van der Waals surface area contributed by atoms with E-state index in [1.54, 1.807) is 0 Å². The molecule has 2 aromatic rings. The number of aromatic nitrogens is 2. The summed E-state index contributed by atoms with van der Waals surface area (Å²) in [6, 6.07) is 12.3. The smallest absolute Gasteiger partial charge is 0.145 e. The van der Waals surface area contributed by atoms with Crippen LogP contribution < -0.4 is 16.2 Å². The standard InChI is InChI=1S/C16H23N5/c1-4-21(11-13-8-6-5-7-9-13)15-10-14(20-17)18-16(19-15)12(2)3/h5-10,12H,4,11,17H2,1-3H3,(H,18,19,20).